The van der Waals surface area contributed by atoms with Gasteiger partial charge < -0.3 is 128 Å². The Hall–Kier alpha value is -11.4. The fraction of sp³-hybridized carbons (Fsp3) is 0.505. The number of aliphatic hydroxyl groups is 3. The Morgan fingerprint density at radius 2 is 0.797 bits per heavy atom. The number of carbonyl (C=O) groups is 14. The summed E-state index contributed by atoms with van der Waals surface area (Å²) in [4.78, 5) is 212. The predicted molar refractivity (Wildman–Crippen MR) is 507 cm³/mol. The molecule has 1 aromatic heterocycles. The zero-order valence-electron chi connectivity index (χ0n) is 76.0. The van der Waals surface area contributed by atoms with Crippen molar-refractivity contribution >= 4 is 115 Å². The largest absolute Gasteiger partial charge is 0.480 e. The van der Waals surface area contributed by atoms with Crippen molar-refractivity contribution in [2.75, 3.05) is 51.3 Å². The van der Waals surface area contributed by atoms with Gasteiger partial charge in [0.05, 0.1) is 24.9 Å². The van der Waals surface area contributed by atoms with E-state index in [2.05, 4.69) is 74.1 Å². The van der Waals surface area contributed by atoms with Crippen molar-refractivity contribution in [3.05, 3.63) is 179 Å². The molecule has 13 amide bonds. The molecule has 0 unspecified atom stereocenters. The fourth-order valence-corrected chi connectivity index (χ4v) is 17.2. The van der Waals surface area contributed by atoms with E-state index in [1.54, 1.807) is 134 Å². The number of carboxylic acid groups (broad SMARTS) is 1. The number of likely N-dealkylation sites (N-methyl/N-ethyl adjacent to an activating group) is 1. The van der Waals surface area contributed by atoms with E-state index < -0.39 is 192 Å². The number of aromatic nitrogens is 1. The molecule has 1 saturated heterocycles. The van der Waals surface area contributed by atoms with Crippen molar-refractivity contribution in [2.24, 2.45) is 28.7 Å². The molecule has 7 rings (SSSR count). The van der Waals surface area contributed by atoms with Gasteiger partial charge in [0.1, 0.15) is 78.5 Å². The highest BCUT2D eigenvalue weighted by atomic mass is 33.1. The van der Waals surface area contributed by atoms with Crippen LogP contribution < -0.4 is 97.8 Å². The number of nitrogens with two attached hydrogens (primary N) is 5. The summed E-state index contributed by atoms with van der Waals surface area (Å²) in [6.45, 7) is 6.33. The Labute approximate surface area is 782 Å². The number of aliphatic carboxylic acids is 1. The van der Waals surface area contributed by atoms with Crippen LogP contribution >= 0.6 is 21.6 Å². The molecule has 28 N–H and O–H groups in total. The summed E-state index contributed by atoms with van der Waals surface area (Å²) >= 11 is 0. The maximum absolute atomic E-state index is 15.7. The van der Waals surface area contributed by atoms with Gasteiger partial charge in [0.15, 0.2) is 0 Å². The molecule has 16 atom stereocenters. The lowest BCUT2D eigenvalue weighted by atomic mass is 9.99. The summed E-state index contributed by atoms with van der Waals surface area (Å²) in [6, 6.07) is 17.1. The third-order valence-electron chi connectivity index (χ3n) is 22.5. The molecule has 2 heterocycles. The number of carbonyl (C=O) groups excluding carboxylic acids is 13. The van der Waals surface area contributed by atoms with Gasteiger partial charge in [-0.25, -0.2) is 4.79 Å². The fourth-order valence-electron chi connectivity index (χ4n) is 14.8. The van der Waals surface area contributed by atoms with Crippen molar-refractivity contribution in [3.8, 4) is 0 Å². The molecule has 0 spiro atoms. The van der Waals surface area contributed by atoms with Gasteiger partial charge in [-0.1, -0.05) is 169 Å². The van der Waals surface area contributed by atoms with Crippen LogP contribution in [0.25, 0.3) is 10.9 Å². The number of aromatic amines is 1. The van der Waals surface area contributed by atoms with E-state index in [4.69, 9.17) is 28.7 Å². The van der Waals surface area contributed by atoms with Crippen LogP contribution in [0.3, 0.4) is 0 Å². The molecule has 133 heavy (non-hydrogen) atoms. The van der Waals surface area contributed by atoms with Gasteiger partial charge in [0.25, 0.3) is 0 Å². The second kappa shape index (κ2) is 57.2. The molecule has 726 valence electrons. The van der Waals surface area contributed by atoms with Crippen LogP contribution in [0.5, 0.6) is 0 Å². The number of para-hydroxylation sites is 1. The average Bonchev–Trinajstić information content (AvgIpc) is 1.71. The minimum Gasteiger partial charge on any atom is -0.480 e. The molecule has 5 aromatic carbocycles. The number of nitrogens with zero attached hydrogens (tertiary/aromatic N) is 1. The van der Waals surface area contributed by atoms with E-state index in [1.165, 1.54) is 6.92 Å². The molecule has 1 fully saturated rings. The average molecular weight is 1880 g/mol. The Kier molecular flexibility index (Phi) is 46.7. The Balaban J connectivity index is 1.34. The molecule has 0 bridgehead atoms. The summed E-state index contributed by atoms with van der Waals surface area (Å²) in [5, 5.41) is 80.3. The van der Waals surface area contributed by atoms with Crippen molar-refractivity contribution in [1.29, 1.82) is 0 Å². The van der Waals surface area contributed by atoms with Crippen molar-refractivity contribution in [3.63, 3.8) is 0 Å². The quantitative estimate of drug-likeness (QED) is 0.0161. The van der Waals surface area contributed by atoms with Crippen LogP contribution in [0.4, 0.5) is 0 Å². The topological polar surface area (TPSA) is 625 Å². The predicted octanol–water partition coefficient (Wildman–Crippen LogP) is -1.10. The standard InChI is InChI=1S/C93H134N20O18S2/c1-55(2)99-50-62-39-37-61(38-40-62)48-73-87(124)111-78(56(3)115)90(127)109-74(47-60-29-13-8-14-30-60)88(125)112-79(57(4)116)91(128)110-76(52-114)92(129)113(5)77(89(126)103-69(35-19-23-43-96)81(118)102-68(34-18-22-42-95)82(119)104-70(93(130)131)36-20-24-44-97)54-133-132-53-65(98)80(117)101-67(33-17-21-41-94)83(120)105-71(45-58-25-9-6-10-26-58)84(121)106-72(46-59-27-11-7-12-28-59)85(122)108-75(86(123)107-73)49-63-51-100-66-32-16-15-31-64(63)66/h6-16,25-32,37-40,51,55-57,65,67-79,99-100,114-116H,17-24,33-36,41-50,52-54,94-98H2,1-5H3,(H,101,117)(H,102,118)(H,103,126)(H,104,119)(H,105,120)(H,106,121)(H,107,123)(H,108,122)(H,109,127)(H,110,128)(H,111,124)(H,112,125)(H,130,131)/t56-,57-,65+,67+,68+,69+,70+,71+,72+,73+,74+,75-,76+,77+,78+,79+/m1/s1. The minimum absolute atomic E-state index is 0.0150. The summed E-state index contributed by atoms with van der Waals surface area (Å²) in [7, 11) is 2.96. The van der Waals surface area contributed by atoms with Gasteiger partial charge in [-0.05, 0) is 157 Å². The van der Waals surface area contributed by atoms with Gasteiger partial charge >= 0.3 is 5.97 Å². The first-order valence-electron chi connectivity index (χ1n) is 45.2. The van der Waals surface area contributed by atoms with Crippen molar-refractivity contribution in [2.45, 2.75) is 246 Å². The first kappa shape index (κ1) is 109. The van der Waals surface area contributed by atoms with Gasteiger partial charge in [-0.3, -0.25) is 62.3 Å². The lowest BCUT2D eigenvalue weighted by Crippen LogP contribution is -2.64. The minimum atomic E-state index is -2.02. The number of carboxylic acids is 1. The Bertz CT molecular complexity index is 4740. The molecule has 40 heteroatoms. The molecule has 0 aliphatic carbocycles. The second-order valence-corrected chi connectivity index (χ2v) is 36.1. The molecular weight excluding hydrogens is 1750 g/mol. The first-order valence-corrected chi connectivity index (χ1v) is 47.6. The van der Waals surface area contributed by atoms with Gasteiger partial charge in [-0.2, -0.15) is 0 Å². The van der Waals surface area contributed by atoms with E-state index in [0.717, 1.165) is 46.0 Å². The van der Waals surface area contributed by atoms with Crippen LogP contribution in [0.1, 0.15) is 138 Å². The molecule has 1 aliphatic rings. The van der Waals surface area contributed by atoms with Crippen LogP contribution in [-0.2, 0) is 106 Å². The highest BCUT2D eigenvalue weighted by molar-refractivity contribution is 8.76. The number of nitrogens with one attached hydrogen (secondary N) is 14. The van der Waals surface area contributed by atoms with Crippen LogP contribution in [0.2, 0.25) is 0 Å². The van der Waals surface area contributed by atoms with E-state index >= 15 is 43.2 Å². The molecule has 6 aromatic rings. The number of fused-ring (bicyclic) bond motifs is 1. The van der Waals surface area contributed by atoms with E-state index in [0.29, 0.717) is 83.8 Å². The number of amides is 13. The van der Waals surface area contributed by atoms with E-state index in [9.17, 15) is 44.4 Å². The summed E-state index contributed by atoms with van der Waals surface area (Å²) in [5.41, 5.74) is 34.1. The number of unbranched alkanes of at least 4 members (excludes halogenated alkanes) is 4. The van der Waals surface area contributed by atoms with Crippen LogP contribution in [0, 0.1) is 0 Å². The number of hydrogen-bond donors (Lipinski definition) is 23. The Morgan fingerprint density at radius 1 is 0.429 bits per heavy atom. The molecule has 38 nitrogen and oxygen atoms in total. The third kappa shape index (κ3) is 36.1. The lowest BCUT2D eigenvalue weighted by Gasteiger charge is -2.32. The highest BCUT2D eigenvalue weighted by Gasteiger charge is 2.41. The monoisotopic (exact) mass is 1880 g/mol. The summed E-state index contributed by atoms with van der Waals surface area (Å²) < 4.78 is 0. The van der Waals surface area contributed by atoms with Gasteiger partial charge in [0, 0.05) is 80.3 Å². The zero-order valence-corrected chi connectivity index (χ0v) is 77.6. The lowest BCUT2D eigenvalue weighted by molar-refractivity contribution is -0.143. The van der Waals surface area contributed by atoms with E-state index in [-0.39, 0.29) is 109 Å². The maximum atomic E-state index is 15.7. The highest BCUT2D eigenvalue weighted by Crippen LogP contribution is 2.26. The second-order valence-electron chi connectivity index (χ2n) is 33.6. The molecule has 1 aliphatic heterocycles. The first-order chi connectivity index (χ1) is 63.8. The molecular formula is C93H134N20O18S2. The van der Waals surface area contributed by atoms with Gasteiger partial charge in [-0.15, -0.1) is 0 Å². The smallest absolute Gasteiger partial charge is 0.326 e. The Morgan fingerprint density at radius 3 is 1.24 bits per heavy atom. The van der Waals surface area contributed by atoms with Crippen molar-refractivity contribution in [1.82, 2.24) is 79.0 Å². The van der Waals surface area contributed by atoms with Crippen LogP contribution in [-0.4, -0.2) is 267 Å². The number of benzene rings is 5. The van der Waals surface area contributed by atoms with E-state index in [1.807, 2.05) is 26.0 Å². The zero-order chi connectivity index (χ0) is 97.1. The third-order valence-corrected chi connectivity index (χ3v) is 25.0. The molecule has 0 saturated carbocycles. The van der Waals surface area contributed by atoms with Crippen LogP contribution in [0.15, 0.2) is 146 Å². The summed E-state index contributed by atoms with van der Waals surface area (Å²) in [5.74, 6) is -15.0. The van der Waals surface area contributed by atoms with Gasteiger partial charge in [0.2, 0.25) is 76.8 Å². The number of rotatable bonds is 39. The summed E-state index contributed by atoms with van der Waals surface area (Å²) in [6.07, 6.45) is -0.643. The number of aliphatic hydroxyl groups excluding tert-OH is 3. The van der Waals surface area contributed by atoms with Crippen molar-refractivity contribution < 1.29 is 87.5 Å². The normalized spacial score (nSPS) is 21.9. The SMILES string of the molecule is CC(C)NCc1ccc(C[C@@H]2NC(=O)[C@@H](Cc3c[nH]c4ccccc34)NC(=O)[C@H](Cc3ccccc3)NC(=O)[C@H](Cc3ccccc3)NC(=O)[C@H](CCCCN)NC(=O)[C@@H](N)CSSC[C@@H](C(=O)N[C@@H](CCCCN)C(=O)N[C@@H](CCCCN)C(=O)N[C@@H](CCCCN)C(=O)O)N(C)C(=O)[C@H](CO)NC(=O)[C@H]([C@@H](C)O)NC(=O)[C@H](Cc3ccccc3)NC(=O)[C@H]([C@@H](C)O)NC2=O)cc1. The maximum Gasteiger partial charge on any atom is 0.326 e. The molecule has 0 radical (unpaired) electrons. The number of hydrogen-bond acceptors (Lipinski definition) is 25. The number of H-pyrrole nitrogens is 1.